The van der Waals surface area contributed by atoms with Crippen LogP contribution in [0.2, 0.25) is 5.02 Å². The van der Waals surface area contributed by atoms with Crippen LogP contribution < -0.4 is 10.1 Å². The van der Waals surface area contributed by atoms with E-state index in [2.05, 4.69) is 16.3 Å². The topological polar surface area (TPSA) is 67.6 Å². The maximum absolute atomic E-state index is 10.9. The third kappa shape index (κ3) is 4.45. The average Bonchev–Trinajstić information content (AvgIpc) is 2.62. The molecule has 2 aromatic carbocycles. The van der Waals surface area contributed by atoms with Gasteiger partial charge in [0.25, 0.3) is 5.69 Å². The van der Waals surface area contributed by atoms with Gasteiger partial charge in [0.15, 0.2) is 0 Å². The number of hydrogen-bond donors (Lipinski definition) is 1. The van der Waals surface area contributed by atoms with Crippen LogP contribution in [0.15, 0.2) is 42.5 Å². The molecule has 1 heterocycles. The van der Waals surface area contributed by atoms with Gasteiger partial charge >= 0.3 is 0 Å². The number of methoxy groups -OCH3 is 1. The summed E-state index contributed by atoms with van der Waals surface area (Å²) in [4.78, 5) is 12.8. The number of para-hydroxylation sites is 1. The normalized spacial score (nSPS) is 17.4. The van der Waals surface area contributed by atoms with Gasteiger partial charge in [0, 0.05) is 37.8 Å². The highest BCUT2D eigenvalue weighted by molar-refractivity contribution is 6.32. The van der Waals surface area contributed by atoms with Crippen molar-refractivity contribution in [2.45, 2.75) is 12.6 Å². The Morgan fingerprint density at radius 2 is 2.12 bits per heavy atom. The zero-order chi connectivity index (χ0) is 17.8. The molecule has 0 saturated carbocycles. The molecule has 0 amide bonds. The second-order valence-electron chi connectivity index (χ2n) is 5.98. The minimum absolute atomic E-state index is 0. The highest BCUT2D eigenvalue weighted by Crippen LogP contribution is 2.32. The van der Waals surface area contributed by atoms with E-state index < -0.39 is 4.92 Å². The zero-order valence-corrected chi connectivity index (χ0v) is 15.9. The van der Waals surface area contributed by atoms with Crippen LogP contribution in [0.1, 0.15) is 17.2 Å². The molecule has 1 fully saturated rings. The molecule has 0 radical (unpaired) electrons. The number of benzene rings is 2. The summed E-state index contributed by atoms with van der Waals surface area (Å²) < 4.78 is 5.51. The molecule has 6 nitrogen and oxygen atoms in total. The van der Waals surface area contributed by atoms with Crippen LogP contribution in [0.25, 0.3) is 0 Å². The van der Waals surface area contributed by atoms with Crippen LogP contribution in [0.5, 0.6) is 5.75 Å². The first-order chi connectivity index (χ1) is 12.1. The van der Waals surface area contributed by atoms with Crippen molar-refractivity contribution in [1.29, 1.82) is 0 Å². The molecule has 1 aliphatic heterocycles. The smallest absolute Gasteiger partial charge is 0.287 e. The van der Waals surface area contributed by atoms with Crippen molar-refractivity contribution in [2.24, 2.45) is 0 Å². The van der Waals surface area contributed by atoms with E-state index in [0.29, 0.717) is 6.54 Å². The number of nitrogens with one attached hydrogen (secondary N) is 1. The van der Waals surface area contributed by atoms with Crippen LogP contribution in [0.4, 0.5) is 5.69 Å². The molecule has 0 aliphatic carbocycles. The van der Waals surface area contributed by atoms with E-state index in [0.717, 1.165) is 36.5 Å². The predicted octanol–water partition coefficient (Wildman–Crippen LogP) is 3.83. The standard InChI is InChI=1S/C18H20ClN3O3.ClH/c1-25-18-5-3-2-4-14(18)17-11-20-8-9-21(17)12-13-6-7-16(22(23)24)15(19)10-13;/h2-7,10,17,20H,8-9,11-12H2,1H3;1H. The lowest BCUT2D eigenvalue weighted by Gasteiger charge is -2.37. The average molecular weight is 398 g/mol. The Balaban J connectivity index is 0.00000243. The van der Waals surface area contributed by atoms with Crippen molar-refractivity contribution in [3.05, 3.63) is 68.7 Å². The lowest BCUT2D eigenvalue weighted by molar-refractivity contribution is -0.384. The summed E-state index contributed by atoms with van der Waals surface area (Å²) in [6.07, 6.45) is 0. The third-order valence-corrected chi connectivity index (χ3v) is 4.75. The molecule has 1 unspecified atom stereocenters. The summed E-state index contributed by atoms with van der Waals surface area (Å²) in [5.41, 5.74) is 2.02. The molecule has 2 aromatic rings. The first-order valence-electron chi connectivity index (χ1n) is 8.10. The summed E-state index contributed by atoms with van der Waals surface area (Å²) in [6.45, 7) is 3.26. The second kappa shape index (κ2) is 9.19. The maximum atomic E-state index is 10.9. The van der Waals surface area contributed by atoms with Gasteiger partial charge in [0.1, 0.15) is 10.8 Å². The molecule has 1 N–H and O–H groups in total. The van der Waals surface area contributed by atoms with Crippen molar-refractivity contribution in [3.63, 3.8) is 0 Å². The minimum Gasteiger partial charge on any atom is -0.496 e. The van der Waals surface area contributed by atoms with Gasteiger partial charge in [-0.3, -0.25) is 15.0 Å². The quantitative estimate of drug-likeness (QED) is 0.613. The Morgan fingerprint density at radius 1 is 1.35 bits per heavy atom. The number of nitro groups is 1. The third-order valence-electron chi connectivity index (χ3n) is 4.45. The monoisotopic (exact) mass is 397 g/mol. The Labute approximate surface area is 163 Å². The van der Waals surface area contributed by atoms with Crippen LogP contribution in [-0.2, 0) is 6.54 Å². The van der Waals surface area contributed by atoms with Crippen LogP contribution >= 0.6 is 24.0 Å². The van der Waals surface area contributed by atoms with Gasteiger partial charge in [0.2, 0.25) is 0 Å². The van der Waals surface area contributed by atoms with Gasteiger partial charge in [-0.05, 0) is 17.7 Å². The van der Waals surface area contributed by atoms with Crippen LogP contribution in [0.3, 0.4) is 0 Å². The van der Waals surface area contributed by atoms with Crippen LogP contribution in [0, 0.1) is 10.1 Å². The number of rotatable bonds is 5. The first-order valence-corrected chi connectivity index (χ1v) is 8.48. The zero-order valence-electron chi connectivity index (χ0n) is 14.4. The molecule has 140 valence electrons. The summed E-state index contributed by atoms with van der Waals surface area (Å²) in [5, 5.41) is 14.5. The molecular formula is C18H21Cl2N3O3. The number of nitro benzene ring substituents is 1. The van der Waals surface area contributed by atoms with Crippen molar-refractivity contribution in [1.82, 2.24) is 10.2 Å². The second-order valence-corrected chi connectivity index (χ2v) is 6.38. The number of halogens is 2. The Morgan fingerprint density at radius 3 is 2.81 bits per heavy atom. The predicted molar refractivity (Wildman–Crippen MR) is 104 cm³/mol. The van der Waals surface area contributed by atoms with E-state index in [1.165, 1.54) is 6.07 Å². The summed E-state index contributed by atoms with van der Waals surface area (Å²) in [5.74, 6) is 0.864. The van der Waals surface area contributed by atoms with Crippen molar-refractivity contribution >= 4 is 29.7 Å². The van der Waals surface area contributed by atoms with Crippen LogP contribution in [-0.4, -0.2) is 36.6 Å². The van der Waals surface area contributed by atoms with E-state index in [4.69, 9.17) is 16.3 Å². The van der Waals surface area contributed by atoms with E-state index in [9.17, 15) is 10.1 Å². The first kappa shape index (κ1) is 20.5. The fourth-order valence-corrected chi connectivity index (χ4v) is 3.49. The number of ether oxygens (including phenoxy) is 1. The Hall–Kier alpha value is -1.86. The molecule has 1 saturated heterocycles. The largest absolute Gasteiger partial charge is 0.496 e. The highest BCUT2D eigenvalue weighted by atomic mass is 35.5. The fraction of sp³-hybridized carbons (Fsp3) is 0.333. The lowest BCUT2D eigenvalue weighted by Crippen LogP contribution is -2.45. The number of hydrogen-bond acceptors (Lipinski definition) is 5. The molecule has 26 heavy (non-hydrogen) atoms. The van der Waals surface area contributed by atoms with E-state index in [1.54, 1.807) is 19.2 Å². The molecule has 0 spiro atoms. The minimum atomic E-state index is -0.464. The highest BCUT2D eigenvalue weighted by Gasteiger charge is 2.26. The molecule has 8 heteroatoms. The molecule has 0 aromatic heterocycles. The van der Waals surface area contributed by atoms with Gasteiger partial charge in [-0.15, -0.1) is 12.4 Å². The Kier molecular flexibility index (Phi) is 7.23. The summed E-state index contributed by atoms with van der Waals surface area (Å²) in [7, 11) is 1.68. The fourth-order valence-electron chi connectivity index (χ4n) is 3.22. The van der Waals surface area contributed by atoms with Crippen molar-refractivity contribution < 1.29 is 9.66 Å². The Bertz CT molecular complexity index is 773. The van der Waals surface area contributed by atoms with E-state index in [1.807, 2.05) is 18.2 Å². The molecule has 3 rings (SSSR count). The molecule has 0 bridgehead atoms. The van der Waals surface area contributed by atoms with Gasteiger partial charge in [-0.2, -0.15) is 0 Å². The van der Waals surface area contributed by atoms with Crippen molar-refractivity contribution in [2.75, 3.05) is 26.7 Å². The lowest BCUT2D eigenvalue weighted by atomic mass is 10.0. The summed E-state index contributed by atoms with van der Waals surface area (Å²) in [6, 6.07) is 13.1. The van der Waals surface area contributed by atoms with Gasteiger partial charge in [-0.25, -0.2) is 0 Å². The van der Waals surface area contributed by atoms with Gasteiger partial charge in [0.05, 0.1) is 18.1 Å². The van der Waals surface area contributed by atoms with E-state index >= 15 is 0 Å². The number of piperazine rings is 1. The van der Waals surface area contributed by atoms with Gasteiger partial charge < -0.3 is 10.1 Å². The SMILES string of the molecule is COc1ccccc1C1CNCCN1Cc1ccc([N+](=O)[O-])c(Cl)c1.Cl. The number of nitrogens with zero attached hydrogens (tertiary/aromatic N) is 2. The van der Waals surface area contributed by atoms with Crippen molar-refractivity contribution in [3.8, 4) is 5.75 Å². The molecular weight excluding hydrogens is 377 g/mol. The van der Waals surface area contributed by atoms with Gasteiger partial charge in [-0.1, -0.05) is 35.9 Å². The molecule has 1 aliphatic rings. The summed E-state index contributed by atoms with van der Waals surface area (Å²) >= 11 is 6.05. The molecule has 1 atom stereocenters. The van der Waals surface area contributed by atoms with E-state index in [-0.39, 0.29) is 29.2 Å². The maximum Gasteiger partial charge on any atom is 0.287 e.